The Morgan fingerprint density at radius 3 is 2.43 bits per heavy atom. The Morgan fingerprint density at radius 1 is 1.25 bits per heavy atom. The fourth-order valence-electron chi connectivity index (χ4n) is 4.38. The summed E-state index contributed by atoms with van der Waals surface area (Å²) >= 11 is 0. The van der Waals surface area contributed by atoms with Gasteiger partial charge in [-0.3, -0.25) is 0 Å². The van der Waals surface area contributed by atoms with Gasteiger partial charge in [0, 0.05) is 11.8 Å². The second kappa shape index (κ2) is 7.27. The number of likely N-dealkylation sites (N-methyl/N-ethyl adjacent to an activating group) is 1. The lowest BCUT2D eigenvalue weighted by Gasteiger charge is -2.46. The van der Waals surface area contributed by atoms with Crippen molar-refractivity contribution >= 4 is 11.7 Å². The zero-order valence-electron chi connectivity index (χ0n) is 15.7. The maximum absolute atomic E-state index is 11.7. The molecule has 7 nitrogen and oxygen atoms in total. The Labute approximate surface area is 163 Å². The number of carbonyl (C=O) groups is 1. The maximum Gasteiger partial charge on any atom is 0.337 e. The fourth-order valence-corrected chi connectivity index (χ4v) is 4.38. The molecule has 4 atom stereocenters. The van der Waals surface area contributed by atoms with Crippen LogP contribution < -0.4 is 4.90 Å². The number of benzene rings is 1. The molecule has 7 heteroatoms. The van der Waals surface area contributed by atoms with Crippen molar-refractivity contribution in [3.05, 3.63) is 47.0 Å². The summed E-state index contributed by atoms with van der Waals surface area (Å²) in [5.41, 5.74) is -0.00569. The van der Waals surface area contributed by atoms with Gasteiger partial charge in [-0.05, 0) is 29.3 Å². The predicted molar refractivity (Wildman–Crippen MR) is 99.2 cm³/mol. The molecule has 1 aromatic carbocycles. The lowest BCUT2D eigenvalue weighted by atomic mass is 9.54. The molecular weight excluding hydrogens is 354 g/mol. The van der Waals surface area contributed by atoms with Crippen LogP contribution in [0.5, 0.6) is 0 Å². The molecule has 0 amide bonds. The summed E-state index contributed by atoms with van der Waals surface area (Å²) in [5.74, 6) is -2.13. The number of carbonyl (C=O) groups excluding carboxylic acids is 1. The summed E-state index contributed by atoms with van der Waals surface area (Å²) in [7, 11) is 3.32. The minimum Gasteiger partial charge on any atom is -0.465 e. The van der Waals surface area contributed by atoms with Gasteiger partial charge < -0.3 is 15.0 Å². The minimum absolute atomic E-state index is 0.163. The molecule has 2 aliphatic rings. The summed E-state index contributed by atoms with van der Waals surface area (Å²) in [6.45, 7) is 1.39. The third-order valence-electron chi connectivity index (χ3n) is 5.77. The lowest BCUT2D eigenvalue weighted by molar-refractivity contribution is -0.878. The van der Waals surface area contributed by atoms with Gasteiger partial charge in [-0.1, -0.05) is 12.1 Å². The van der Waals surface area contributed by atoms with E-state index in [2.05, 4.69) is 18.2 Å². The largest absolute Gasteiger partial charge is 0.465 e. The SMILES string of the molecule is COC(=O)c1ccc([C@H]2[C@@H]3C[NH+](C)CC=C3C(C#N)C(=N)C2(C#N)C#N)cc1. The Morgan fingerprint density at radius 2 is 1.89 bits per heavy atom. The van der Waals surface area contributed by atoms with Crippen LogP contribution in [0, 0.1) is 56.7 Å². The Kier molecular flexibility index (Phi) is 5.01. The number of hydrogen-bond donors (Lipinski definition) is 2. The van der Waals surface area contributed by atoms with Gasteiger partial charge in [-0.2, -0.15) is 15.8 Å². The third kappa shape index (κ3) is 2.76. The van der Waals surface area contributed by atoms with E-state index in [-0.39, 0.29) is 11.6 Å². The number of nitrogens with one attached hydrogen (secondary N) is 2. The quantitative estimate of drug-likeness (QED) is 0.586. The van der Waals surface area contributed by atoms with E-state index in [9.17, 15) is 20.6 Å². The molecule has 3 rings (SSSR count). The van der Waals surface area contributed by atoms with Crippen LogP contribution in [0.15, 0.2) is 35.9 Å². The van der Waals surface area contributed by atoms with E-state index < -0.39 is 23.2 Å². The molecule has 0 aromatic heterocycles. The van der Waals surface area contributed by atoms with Crippen molar-refractivity contribution in [1.29, 1.82) is 21.2 Å². The second-order valence-corrected chi connectivity index (χ2v) is 7.27. The van der Waals surface area contributed by atoms with Crippen molar-refractivity contribution in [1.82, 2.24) is 0 Å². The van der Waals surface area contributed by atoms with Crippen LogP contribution >= 0.6 is 0 Å². The number of nitriles is 3. The average molecular weight is 374 g/mol. The number of methoxy groups -OCH3 is 1. The Hall–Kier alpha value is -3.47. The van der Waals surface area contributed by atoms with Crippen LogP contribution in [0.2, 0.25) is 0 Å². The van der Waals surface area contributed by atoms with E-state index in [0.29, 0.717) is 17.7 Å². The zero-order valence-corrected chi connectivity index (χ0v) is 15.7. The van der Waals surface area contributed by atoms with Gasteiger partial charge in [0.25, 0.3) is 0 Å². The van der Waals surface area contributed by atoms with Crippen molar-refractivity contribution < 1.29 is 14.4 Å². The first-order valence-electron chi connectivity index (χ1n) is 8.94. The van der Waals surface area contributed by atoms with E-state index in [1.807, 2.05) is 13.1 Å². The molecule has 1 aromatic rings. The van der Waals surface area contributed by atoms with Crippen molar-refractivity contribution in [2.75, 3.05) is 27.2 Å². The smallest absolute Gasteiger partial charge is 0.337 e. The van der Waals surface area contributed by atoms with Crippen LogP contribution in [-0.4, -0.2) is 38.9 Å². The van der Waals surface area contributed by atoms with Gasteiger partial charge in [-0.15, -0.1) is 0 Å². The molecule has 1 aliphatic heterocycles. The first kappa shape index (κ1) is 19.3. The van der Waals surface area contributed by atoms with Gasteiger partial charge in [0.15, 0.2) is 5.41 Å². The van der Waals surface area contributed by atoms with Crippen molar-refractivity contribution in [3.63, 3.8) is 0 Å². The van der Waals surface area contributed by atoms with E-state index >= 15 is 0 Å². The van der Waals surface area contributed by atoms with Crippen LogP contribution in [0.4, 0.5) is 0 Å². The molecule has 2 N–H and O–H groups in total. The Balaban J connectivity index is 2.19. The number of quaternary nitrogens is 1. The van der Waals surface area contributed by atoms with Crippen LogP contribution in [0.3, 0.4) is 0 Å². The third-order valence-corrected chi connectivity index (χ3v) is 5.77. The van der Waals surface area contributed by atoms with Crippen molar-refractivity contribution in [3.8, 4) is 18.2 Å². The van der Waals surface area contributed by atoms with Gasteiger partial charge >= 0.3 is 5.97 Å². The normalized spacial score (nSPS) is 28.0. The van der Waals surface area contributed by atoms with E-state index in [1.54, 1.807) is 24.3 Å². The van der Waals surface area contributed by atoms with Crippen LogP contribution in [0.1, 0.15) is 21.8 Å². The number of hydrogen-bond acceptors (Lipinski definition) is 6. The Bertz CT molecular complexity index is 960. The molecule has 0 radical (unpaired) electrons. The zero-order chi connectivity index (χ0) is 20.5. The van der Waals surface area contributed by atoms with E-state index in [4.69, 9.17) is 10.1 Å². The van der Waals surface area contributed by atoms with E-state index in [0.717, 1.165) is 12.1 Å². The molecule has 1 aliphatic carbocycles. The highest BCUT2D eigenvalue weighted by molar-refractivity contribution is 6.00. The molecule has 2 unspecified atom stereocenters. The number of nitrogens with zero attached hydrogens (tertiary/aromatic N) is 3. The second-order valence-electron chi connectivity index (χ2n) is 7.27. The molecule has 0 spiro atoms. The summed E-state index contributed by atoms with van der Waals surface area (Å²) in [6.07, 6.45) is 1.97. The maximum atomic E-state index is 11.7. The number of fused-ring (bicyclic) bond motifs is 1. The molecule has 1 heterocycles. The highest BCUT2D eigenvalue weighted by atomic mass is 16.5. The fraction of sp³-hybridized carbons (Fsp3) is 0.381. The summed E-state index contributed by atoms with van der Waals surface area (Å²) < 4.78 is 4.72. The first-order chi connectivity index (χ1) is 13.4. The molecule has 1 fully saturated rings. The highest BCUT2D eigenvalue weighted by Crippen LogP contribution is 2.52. The van der Waals surface area contributed by atoms with Gasteiger partial charge in [0.05, 0.1) is 56.7 Å². The number of ether oxygens (including phenoxy) is 1. The van der Waals surface area contributed by atoms with E-state index in [1.165, 1.54) is 12.0 Å². The molecule has 140 valence electrons. The molecule has 0 bridgehead atoms. The highest BCUT2D eigenvalue weighted by Gasteiger charge is 2.58. The number of rotatable bonds is 2. The van der Waals surface area contributed by atoms with Crippen molar-refractivity contribution in [2.45, 2.75) is 5.92 Å². The minimum atomic E-state index is -1.73. The summed E-state index contributed by atoms with van der Waals surface area (Å²) in [4.78, 5) is 12.9. The molecular formula is C21H20N5O2+. The van der Waals surface area contributed by atoms with Gasteiger partial charge in [0.2, 0.25) is 0 Å². The molecule has 0 saturated heterocycles. The first-order valence-corrected chi connectivity index (χ1v) is 8.94. The van der Waals surface area contributed by atoms with Crippen LogP contribution in [-0.2, 0) is 4.74 Å². The predicted octanol–water partition coefficient (Wildman–Crippen LogP) is 0.834. The summed E-state index contributed by atoms with van der Waals surface area (Å²) in [6, 6.07) is 12.9. The standard InChI is InChI=1S/C21H19N5O2/c1-26-8-7-15-16(9-22)19(25)21(11-23,12-24)18(17(15)10-26)13-3-5-14(6-4-13)20(27)28-2/h3-7,16-18,25H,8,10H2,1-2H3/p+1/t16?,17-,18+/m1/s1. The van der Waals surface area contributed by atoms with Crippen molar-refractivity contribution in [2.24, 2.45) is 17.3 Å². The topological polar surface area (TPSA) is 126 Å². The average Bonchev–Trinajstić information content (AvgIpc) is 2.73. The summed E-state index contributed by atoms with van der Waals surface area (Å²) in [5, 5.41) is 38.2. The van der Waals surface area contributed by atoms with Crippen LogP contribution in [0.25, 0.3) is 0 Å². The number of esters is 1. The van der Waals surface area contributed by atoms with Gasteiger partial charge in [-0.25, -0.2) is 4.79 Å². The molecule has 1 saturated carbocycles. The lowest BCUT2D eigenvalue weighted by Crippen LogP contribution is -3.10. The monoisotopic (exact) mass is 374 g/mol. The van der Waals surface area contributed by atoms with Gasteiger partial charge in [0.1, 0.15) is 5.92 Å². The molecule has 28 heavy (non-hydrogen) atoms.